The number of piperidine rings is 2. The molecule has 2 aliphatic rings. The van der Waals surface area contributed by atoms with Crippen LogP contribution in [0.15, 0.2) is 54.9 Å². The molecule has 0 saturated carbocycles. The van der Waals surface area contributed by atoms with E-state index in [2.05, 4.69) is 20.1 Å². The zero-order valence-corrected chi connectivity index (χ0v) is 22.3. The van der Waals surface area contributed by atoms with Gasteiger partial charge in [-0.15, -0.1) is 0 Å². The number of pyridine rings is 1. The predicted molar refractivity (Wildman–Crippen MR) is 150 cm³/mol. The maximum atomic E-state index is 11.2. The van der Waals surface area contributed by atoms with E-state index in [4.69, 9.17) is 19.4 Å². The second-order valence-electron chi connectivity index (χ2n) is 10.0. The first-order valence-electron chi connectivity index (χ1n) is 13.7. The largest absolute Gasteiger partial charge is 0.490 e. The minimum absolute atomic E-state index is 0.0200. The highest BCUT2D eigenvalue weighted by Gasteiger charge is 2.25. The maximum absolute atomic E-state index is 11.2. The number of hydrogen-bond donors (Lipinski definition) is 2. The Bertz CT molecular complexity index is 1260. The van der Waals surface area contributed by atoms with E-state index >= 15 is 0 Å². The molecule has 2 atom stereocenters. The number of nitrogens with zero attached hydrogens (tertiary/aromatic N) is 5. The number of rotatable bonds is 10. The van der Waals surface area contributed by atoms with Gasteiger partial charge in [0.25, 0.3) is 0 Å². The Kier molecular flexibility index (Phi) is 8.60. The number of aromatic nitrogens is 3. The number of carbonyl (C=O) groups is 1. The van der Waals surface area contributed by atoms with Gasteiger partial charge in [-0.1, -0.05) is 18.2 Å². The second kappa shape index (κ2) is 12.6. The van der Waals surface area contributed by atoms with Crippen molar-refractivity contribution in [2.75, 3.05) is 47.9 Å². The molecule has 206 valence electrons. The first-order chi connectivity index (χ1) is 19.1. The third kappa shape index (κ3) is 7.07. The molecule has 5 rings (SSSR count). The van der Waals surface area contributed by atoms with Crippen molar-refractivity contribution >= 4 is 29.2 Å². The lowest BCUT2D eigenvalue weighted by Crippen LogP contribution is -2.41. The van der Waals surface area contributed by atoms with Gasteiger partial charge < -0.3 is 29.7 Å². The summed E-state index contributed by atoms with van der Waals surface area (Å²) in [6.07, 6.45) is 7.53. The van der Waals surface area contributed by atoms with Crippen LogP contribution in [0.1, 0.15) is 39.0 Å². The molecule has 0 unspecified atom stereocenters. The molecule has 2 aromatic heterocycles. The molecular weight excluding hydrogens is 496 g/mol. The Morgan fingerprint density at radius 2 is 1.72 bits per heavy atom. The summed E-state index contributed by atoms with van der Waals surface area (Å²) >= 11 is 0. The van der Waals surface area contributed by atoms with Crippen LogP contribution in [0.5, 0.6) is 11.5 Å². The average molecular weight is 533 g/mol. The smallest absolute Gasteiger partial charge is 0.303 e. The number of hydrogen-bond acceptors (Lipinski definition) is 9. The fourth-order valence-electron chi connectivity index (χ4n) is 5.30. The van der Waals surface area contributed by atoms with Gasteiger partial charge in [0.2, 0.25) is 0 Å². The Balaban J connectivity index is 1.23. The molecule has 2 aliphatic heterocycles. The van der Waals surface area contributed by atoms with Crippen LogP contribution in [-0.4, -0.2) is 64.9 Å². The van der Waals surface area contributed by atoms with E-state index in [1.165, 1.54) is 0 Å². The van der Waals surface area contributed by atoms with Gasteiger partial charge in [0.15, 0.2) is 17.3 Å². The van der Waals surface area contributed by atoms with Crippen LogP contribution in [-0.2, 0) is 4.79 Å². The molecule has 0 spiro atoms. The summed E-state index contributed by atoms with van der Waals surface area (Å²) in [4.78, 5) is 29.6. The van der Waals surface area contributed by atoms with Crippen molar-refractivity contribution in [1.82, 2.24) is 15.0 Å². The minimum atomic E-state index is -0.745. The molecule has 0 bridgehead atoms. The minimum Gasteiger partial charge on any atom is -0.490 e. The van der Waals surface area contributed by atoms with E-state index < -0.39 is 5.97 Å². The molecule has 3 aromatic rings. The molecule has 0 aliphatic carbocycles. The Hall–Kier alpha value is -4.08. The second-order valence-corrected chi connectivity index (χ2v) is 10.0. The first-order valence-corrected chi connectivity index (χ1v) is 13.7. The third-order valence-corrected chi connectivity index (χ3v) is 7.06. The van der Waals surface area contributed by atoms with Gasteiger partial charge in [-0.3, -0.25) is 9.78 Å². The zero-order valence-electron chi connectivity index (χ0n) is 22.3. The van der Waals surface area contributed by atoms with Crippen LogP contribution in [0.4, 0.5) is 23.3 Å². The van der Waals surface area contributed by atoms with Gasteiger partial charge in [0, 0.05) is 26.1 Å². The SMILES string of the molecule is CCOc1ccccc1O[C@@H]1CCCN(c2cncc(Nc3cccc(N4CCC[C@@H](CC(=O)O)C4)n3)n2)C1. The van der Waals surface area contributed by atoms with Gasteiger partial charge in [-0.25, -0.2) is 9.97 Å². The van der Waals surface area contributed by atoms with Crippen molar-refractivity contribution < 1.29 is 19.4 Å². The molecule has 0 radical (unpaired) electrons. The third-order valence-electron chi connectivity index (χ3n) is 7.06. The van der Waals surface area contributed by atoms with Gasteiger partial charge >= 0.3 is 5.97 Å². The number of nitrogens with one attached hydrogen (secondary N) is 1. The summed E-state index contributed by atoms with van der Waals surface area (Å²) in [5.41, 5.74) is 0. The first kappa shape index (κ1) is 26.5. The van der Waals surface area contributed by atoms with Crippen molar-refractivity contribution in [1.29, 1.82) is 0 Å². The lowest BCUT2D eigenvalue weighted by atomic mass is 9.95. The molecule has 2 N–H and O–H groups in total. The van der Waals surface area contributed by atoms with Crippen molar-refractivity contribution in [3.8, 4) is 11.5 Å². The summed E-state index contributed by atoms with van der Waals surface area (Å²) in [5, 5.41) is 12.5. The summed E-state index contributed by atoms with van der Waals surface area (Å²) in [5.74, 6) is 3.84. The van der Waals surface area contributed by atoms with E-state index in [1.807, 2.05) is 49.4 Å². The van der Waals surface area contributed by atoms with E-state index in [1.54, 1.807) is 12.4 Å². The van der Waals surface area contributed by atoms with E-state index in [9.17, 15) is 9.90 Å². The van der Waals surface area contributed by atoms with Gasteiger partial charge in [0.05, 0.1) is 25.5 Å². The molecule has 2 fully saturated rings. The quantitative estimate of drug-likeness (QED) is 0.379. The fraction of sp³-hybridized carbons (Fsp3) is 0.448. The average Bonchev–Trinajstić information content (AvgIpc) is 2.95. The number of carboxylic acid groups (broad SMARTS) is 1. The highest BCUT2D eigenvalue weighted by Crippen LogP contribution is 2.30. The van der Waals surface area contributed by atoms with Gasteiger partial charge in [0.1, 0.15) is 23.6 Å². The number of aliphatic carboxylic acids is 1. The maximum Gasteiger partial charge on any atom is 0.303 e. The monoisotopic (exact) mass is 532 g/mol. The Labute approximate surface area is 229 Å². The van der Waals surface area contributed by atoms with Crippen LogP contribution >= 0.6 is 0 Å². The summed E-state index contributed by atoms with van der Waals surface area (Å²) in [6, 6.07) is 13.6. The molecule has 39 heavy (non-hydrogen) atoms. The normalized spacial score (nSPS) is 19.4. The standard InChI is InChI=1S/C29H36N6O4/c1-2-38-23-10-3-4-11-24(23)39-22-9-7-15-35(20-22)28-18-30-17-26(33-28)31-25-12-5-13-27(32-25)34-14-6-8-21(19-34)16-29(36)37/h3-5,10-13,17-18,21-22H,2,6-9,14-16,19-20H2,1H3,(H,36,37)(H,31,32,33)/t21-,22+/m0/s1. The molecule has 2 saturated heterocycles. The molecular formula is C29H36N6O4. The summed E-state index contributed by atoms with van der Waals surface area (Å²) in [7, 11) is 0. The van der Waals surface area contributed by atoms with Crippen molar-refractivity contribution in [3.05, 3.63) is 54.9 Å². The lowest BCUT2D eigenvalue weighted by Gasteiger charge is -2.34. The Morgan fingerprint density at radius 1 is 0.949 bits per heavy atom. The van der Waals surface area contributed by atoms with Crippen LogP contribution in [0.25, 0.3) is 0 Å². The molecule has 0 amide bonds. The number of benzene rings is 1. The fourth-order valence-corrected chi connectivity index (χ4v) is 5.30. The molecule has 4 heterocycles. The number of carboxylic acids is 1. The van der Waals surface area contributed by atoms with Crippen LogP contribution in [0, 0.1) is 5.92 Å². The molecule has 10 nitrogen and oxygen atoms in total. The molecule has 1 aromatic carbocycles. The van der Waals surface area contributed by atoms with E-state index in [0.717, 1.165) is 61.9 Å². The van der Waals surface area contributed by atoms with E-state index in [-0.39, 0.29) is 18.4 Å². The summed E-state index contributed by atoms with van der Waals surface area (Å²) < 4.78 is 12.1. The number of para-hydroxylation sites is 2. The van der Waals surface area contributed by atoms with Crippen molar-refractivity contribution in [2.45, 2.75) is 45.1 Å². The van der Waals surface area contributed by atoms with E-state index in [0.29, 0.717) is 31.3 Å². The number of ether oxygens (including phenoxy) is 2. The van der Waals surface area contributed by atoms with Crippen molar-refractivity contribution in [2.24, 2.45) is 5.92 Å². The lowest BCUT2D eigenvalue weighted by molar-refractivity contribution is -0.138. The van der Waals surface area contributed by atoms with Crippen molar-refractivity contribution in [3.63, 3.8) is 0 Å². The summed E-state index contributed by atoms with van der Waals surface area (Å²) in [6.45, 7) is 5.72. The predicted octanol–water partition coefficient (Wildman–Crippen LogP) is 4.75. The Morgan fingerprint density at radius 3 is 2.54 bits per heavy atom. The van der Waals surface area contributed by atoms with Gasteiger partial charge in [-0.05, 0) is 62.8 Å². The number of anilines is 4. The van der Waals surface area contributed by atoms with Crippen LogP contribution in [0.2, 0.25) is 0 Å². The van der Waals surface area contributed by atoms with Crippen LogP contribution < -0.4 is 24.6 Å². The highest BCUT2D eigenvalue weighted by molar-refractivity contribution is 5.67. The highest BCUT2D eigenvalue weighted by atomic mass is 16.5. The van der Waals surface area contributed by atoms with Crippen LogP contribution in [0.3, 0.4) is 0 Å². The van der Waals surface area contributed by atoms with Gasteiger partial charge in [-0.2, -0.15) is 0 Å². The molecule has 10 heteroatoms. The topological polar surface area (TPSA) is 113 Å². The zero-order chi connectivity index (χ0) is 27.0.